The van der Waals surface area contributed by atoms with Crippen molar-refractivity contribution >= 4 is 16.8 Å². The molecule has 3 rings (SSSR count). The van der Waals surface area contributed by atoms with E-state index in [1.807, 2.05) is 25.1 Å². The van der Waals surface area contributed by atoms with Gasteiger partial charge in [-0.2, -0.15) is 18.3 Å². The predicted molar refractivity (Wildman–Crippen MR) is 80.1 cm³/mol. The van der Waals surface area contributed by atoms with Crippen molar-refractivity contribution in [3.8, 4) is 0 Å². The van der Waals surface area contributed by atoms with E-state index >= 15 is 0 Å². The monoisotopic (exact) mass is 325 g/mol. The molecule has 1 aliphatic carbocycles. The summed E-state index contributed by atoms with van der Waals surface area (Å²) >= 11 is 0. The van der Waals surface area contributed by atoms with Crippen LogP contribution in [0.5, 0.6) is 0 Å². The number of amides is 1. The number of hydrogen-bond donors (Lipinski definition) is 2. The second-order valence-electron chi connectivity index (χ2n) is 6.20. The number of nitrogens with one attached hydrogen (secondary N) is 2. The smallest absolute Gasteiger partial charge is 0.348 e. The fourth-order valence-electron chi connectivity index (χ4n) is 3.17. The zero-order chi connectivity index (χ0) is 16.6. The summed E-state index contributed by atoms with van der Waals surface area (Å²) in [7, 11) is 0. The highest BCUT2D eigenvalue weighted by molar-refractivity contribution is 6.04. The maximum absolute atomic E-state index is 12.8. The van der Waals surface area contributed by atoms with Crippen molar-refractivity contribution in [2.45, 2.75) is 44.8 Å². The summed E-state index contributed by atoms with van der Waals surface area (Å²) in [5.74, 6) is -1.76. The molecule has 1 saturated carbocycles. The van der Waals surface area contributed by atoms with Crippen LogP contribution in [0.15, 0.2) is 18.2 Å². The van der Waals surface area contributed by atoms with Crippen LogP contribution in [-0.4, -0.2) is 28.3 Å². The Hall–Kier alpha value is -2.05. The Balaban J connectivity index is 1.74. The SMILES string of the molecule is Cc1ccc2[nH]nc(C(=O)NC3CCCC(C(F)(F)F)C3)c2c1. The van der Waals surface area contributed by atoms with Crippen molar-refractivity contribution in [3.63, 3.8) is 0 Å². The van der Waals surface area contributed by atoms with Crippen LogP contribution in [0.25, 0.3) is 10.9 Å². The van der Waals surface area contributed by atoms with E-state index in [0.717, 1.165) is 11.1 Å². The van der Waals surface area contributed by atoms with E-state index in [2.05, 4.69) is 15.5 Å². The van der Waals surface area contributed by atoms with Crippen molar-refractivity contribution in [2.75, 3.05) is 0 Å². The van der Waals surface area contributed by atoms with Crippen LogP contribution in [0.4, 0.5) is 13.2 Å². The van der Waals surface area contributed by atoms with Gasteiger partial charge in [-0.1, -0.05) is 18.1 Å². The predicted octanol–water partition coefficient (Wildman–Crippen LogP) is 3.72. The van der Waals surface area contributed by atoms with Crippen molar-refractivity contribution in [3.05, 3.63) is 29.5 Å². The van der Waals surface area contributed by atoms with Gasteiger partial charge in [0.05, 0.1) is 11.4 Å². The molecule has 0 saturated heterocycles. The average Bonchev–Trinajstić information content (AvgIpc) is 2.89. The summed E-state index contributed by atoms with van der Waals surface area (Å²) in [6, 6.07) is 5.11. The van der Waals surface area contributed by atoms with E-state index in [1.54, 1.807) is 0 Å². The molecule has 1 aromatic carbocycles. The largest absolute Gasteiger partial charge is 0.391 e. The molecule has 2 aromatic rings. The van der Waals surface area contributed by atoms with Crippen molar-refractivity contribution < 1.29 is 18.0 Å². The summed E-state index contributed by atoms with van der Waals surface area (Å²) in [5.41, 5.74) is 1.96. The van der Waals surface area contributed by atoms with Gasteiger partial charge in [0.15, 0.2) is 5.69 Å². The molecule has 0 radical (unpaired) electrons. The van der Waals surface area contributed by atoms with E-state index in [1.165, 1.54) is 0 Å². The van der Waals surface area contributed by atoms with Gasteiger partial charge in [-0.25, -0.2) is 0 Å². The molecule has 124 valence electrons. The molecule has 1 aromatic heterocycles. The Kier molecular flexibility index (Phi) is 4.04. The number of aryl methyl sites for hydroxylation is 1. The summed E-state index contributed by atoms with van der Waals surface area (Å²) in [6.07, 6.45) is -3.08. The Morgan fingerprint density at radius 1 is 1.35 bits per heavy atom. The first-order valence-corrected chi connectivity index (χ1v) is 7.67. The summed E-state index contributed by atoms with van der Waals surface area (Å²) < 4.78 is 38.5. The zero-order valence-electron chi connectivity index (χ0n) is 12.7. The van der Waals surface area contributed by atoms with E-state index in [-0.39, 0.29) is 18.5 Å². The molecule has 0 aliphatic heterocycles. The van der Waals surface area contributed by atoms with E-state index in [4.69, 9.17) is 0 Å². The number of benzene rings is 1. The van der Waals surface area contributed by atoms with Gasteiger partial charge in [-0.05, 0) is 38.3 Å². The molecule has 1 amide bonds. The standard InChI is InChI=1S/C16H18F3N3O/c1-9-5-6-13-12(7-9)14(22-21-13)15(23)20-11-4-2-3-10(8-11)16(17,18)19/h5-7,10-11H,2-4,8H2,1H3,(H,20,23)(H,21,22). The minimum atomic E-state index is -4.19. The topological polar surface area (TPSA) is 57.8 Å². The summed E-state index contributed by atoms with van der Waals surface area (Å²) in [5, 5.41) is 10.2. The third-order valence-electron chi connectivity index (χ3n) is 4.41. The first-order valence-electron chi connectivity index (χ1n) is 7.67. The third kappa shape index (κ3) is 3.33. The molecule has 0 bridgehead atoms. The van der Waals surface area contributed by atoms with Gasteiger partial charge in [0, 0.05) is 11.4 Å². The number of H-pyrrole nitrogens is 1. The Morgan fingerprint density at radius 2 is 2.13 bits per heavy atom. The number of nitrogens with zero attached hydrogens (tertiary/aromatic N) is 1. The number of aromatic amines is 1. The quantitative estimate of drug-likeness (QED) is 0.884. The number of rotatable bonds is 2. The lowest BCUT2D eigenvalue weighted by Gasteiger charge is -2.30. The second kappa shape index (κ2) is 5.86. The Morgan fingerprint density at radius 3 is 2.87 bits per heavy atom. The fourth-order valence-corrected chi connectivity index (χ4v) is 3.17. The number of aromatic nitrogens is 2. The van der Waals surface area contributed by atoms with Gasteiger partial charge >= 0.3 is 6.18 Å². The average molecular weight is 325 g/mol. The molecular weight excluding hydrogens is 307 g/mol. The van der Waals surface area contributed by atoms with Crippen molar-refractivity contribution in [1.29, 1.82) is 0 Å². The molecule has 1 fully saturated rings. The maximum atomic E-state index is 12.8. The van der Waals surface area contributed by atoms with Gasteiger partial charge in [0.25, 0.3) is 5.91 Å². The van der Waals surface area contributed by atoms with E-state index < -0.39 is 24.0 Å². The highest BCUT2D eigenvalue weighted by atomic mass is 19.4. The first-order chi connectivity index (χ1) is 10.8. The van der Waals surface area contributed by atoms with E-state index in [9.17, 15) is 18.0 Å². The normalized spacial score (nSPS) is 22.3. The van der Waals surface area contributed by atoms with Gasteiger partial charge in [0.2, 0.25) is 0 Å². The van der Waals surface area contributed by atoms with Crippen LogP contribution in [-0.2, 0) is 0 Å². The lowest BCUT2D eigenvalue weighted by atomic mass is 9.85. The van der Waals surface area contributed by atoms with Crippen molar-refractivity contribution in [1.82, 2.24) is 15.5 Å². The van der Waals surface area contributed by atoms with Crippen LogP contribution in [0, 0.1) is 12.8 Å². The second-order valence-corrected chi connectivity index (χ2v) is 6.20. The Bertz CT molecular complexity index is 723. The molecule has 2 atom stereocenters. The highest BCUT2D eigenvalue weighted by Crippen LogP contribution is 2.37. The molecule has 2 N–H and O–H groups in total. The number of hydrogen-bond acceptors (Lipinski definition) is 2. The number of carbonyl (C=O) groups is 1. The van der Waals surface area contributed by atoms with Gasteiger partial charge < -0.3 is 5.32 Å². The lowest BCUT2D eigenvalue weighted by Crippen LogP contribution is -2.41. The Labute approximate surface area is 131 Å². The molecular formula is C16H18F3N3O. The number of carbonyl (C=O) groups excluding carboxylic acids is 1. The first kappa shape index (κ1) is 15.8. The minimum absolute atomic E-state index is 0.0589. The van der Waals surface area contributed by atoms with E-state index in [0.29, 0.717) is 18.2 Å². The van der Waals surface area contributed by atoms with Gasteiger partial charge in [-0.3, -0.25) is 9.89 Å². The molecule has 1 aliphatic rings. The number of alkyl halides is 3. The molecule has 0 spiro atoms. The summed E-state index contributed by atoms with van der Waals surface area (Å²) in [6.45, 7) is 1.91. The molecule has 2 unspecified atom stereocenters. The highest BCUT2D eigenvalue weighted by Gasteiger charge is 2.42. The van der Waals surface area contributed by atoms with Gasteiger partial charge in [0.1, 0.15) is 0 Å². The van der Waals surface area contributed by atoms with Crippen LogP contribution >= 0.6 is 0 Å². The van der Waals surface area contributed by atoms with Crippen molar-refractivity contribution in [2.24, 2.45) is 5.92 Å². The van der Waals surface area contributed by atoms with Crippen LogP contribution in [0.1, 0.15) is 41.7 Å². The minimum Gasteiger partial charge on any atom is -0.348 e. The van der Waals surface area contributed by atoms with Crippen LogP contribution < -0.4 is 5.32 Å². The molecule has 7 heteroatoms. The molecule has 1 heterocycles. The molecule has 23 heavy (non-hydrogen) atoms. The molecule has 4 nitrogen and oxygen atoms in total. The fraction of sp³-hybridized carbons (Fsp3) is 0.500. The number of fused-ring (bicyclic) bond motifs is 1. The maximum Gasteiger partial charge on any atom is 0.391 e. The van der Waals surface area contributed by atoms with Crippen LogP contribution in [0.2, 0.25) is 0 Å². The number of halogens is 3. The zero-order valence-corrected chi connectivity index (χ0v) is 12.7. The van der Waals surface area contributed by atoms with Crippen LogP contribution in [0.3, 0.4) is 0 Å². The third-order valence-corrected chi connectivity index (χ3v) is 4.41. The summed E-state index contributed by atoms with van der Waals surface area (Å²) in [4.78, 5) is 12.4. The van der Waals surface area contributed by atoms with Gasteiger partial charge in [-0.15, -0.1) is 0 Å². The lowest BCUT2D eigenvalue weighted by molar-refractivity contribution is -0.183.